The van der Waals surface area contributed by atoms with E-state index < -0.39 is 0 Å². The van der Waals surface area contributed by atoms with Gasteiger partial charge < -0.3 is 5.11 Å². The van der Waals surface area contributed by atoms with Gasteiger partial charge in [-0.1, -0.05) is 71.6 Å². The molecule has 9 atom stereocenters. The van der Waals surface area contributed by atoms with E-state index in [0.717, 1.165) is 54.8 Å². The van der Waals surface area contributed by atoms with Crippen LogP contribution in [0.1, 0.15) is 105 Å². The minimum Gasteiger partial charge on any atom is -0.393 e. The number of allylic oxidation sites excluding steroid dienone is 2. The average molecular weight is 427 g/mol. The van der Waals surface area contributed by atoms with Gasteiger partial charge in [0.05, 0.1) is 6.10 Å². The quantitative estimate of drug-likeness (QED) is 0.407. The maximum Gasteiger partial charge on any atom is 0.0580 e. The van der Waals surface area contributed by atoms with Crippen molar-refractivity contribution in [1.82, 2.24) is 0 Å². The van der Waals surface area contributed by atoms with Crippen LogP contribution in [-0.2, 0) is 0 Å². The normalized spacial score (nSPS) is 45.5. The molecule has 0 heterocycles. The minimum atomic E-state index is -0.141. The molecule has 0 bridgehead atoms. The van der Waals surface area contributed by atoms with E-state index in [2.05, 4.69) is 53.3 Å². The van der Waals surface area contributed by atoms with Crippen LogP contribution in [0.4, 0.5) is 0 Å². The van der Waals surface area contributed by atoms with Crippen LogP contribution in [0, 0.1) is 52.3 Å². The number of fused-ring (bicyclic) bond motifs is 5. The predicted octanol–water partition coefficient (Wildman–Crippen LogP) is 8.19. The van der Waals surface area contributed by atoms with Crippen molar-refractivity contribution in [3.63, 3.8) is 0 Å². The first kappa shape index (κ1) is 23.6. The lowest BCUT2D eigenvalue weighted by Gasteiger charge is -2.60. The van der Waals surface area contributed by atoms with Gasteiger partial charge in [0.1, 0.15) is 0 Å². The lowest BCUT2D eigenvalue weighted by molar-refractivity contribution is -0.0786. The zero-order chi connectivity index (χ0) is 22.4. The molecule has 1 nitrogen and oxygen atoms in total. The van der Waals surface area contributed by atoms with Crippen molar-refractivity contribution < 1.29 is 5.11 Å². The molecule has 3 fully saturated rings. The third-order valence-electron chi connectivity index (χ3n) is 11.0. The fourth-order valence-corrected chi connectivity index (χ4v) is 9.44. The first-order valence-corrected chi connectivity index (χ1v) is 13.7. The van der Waals surface area contributed by atoms with Crippen molar-refractivity contribution in [3.05, 3.63) is 24.3 Å². The van der Waals surface area contributed by atoms with E-state index >= 15 is 0 Å². The molecule has 3 saturated carbocycles. The Hall–Kier alpha value is -0.560. The molecule has 176 valence electrons. The Kier molecular flexibility index (Phi) is 6.85. The highest BCUT2D eigenvalue weighted by Crippen LogP contribution is 2.68. The second-order valence-corrected chi connectivity index (χ2v) is 13.0. The summed E-state index contributed by atoms with van der Waals surface area (Å²) in [6, 6.07) is 0. The van der Waals surface area contributed by atoms with E-state index in [1.165, 1.54) is 51.4 Å². The average Bonchev–Trinajstić information content (AvgIpc) is 3.06. The molecule has 31 heavy (non-hydrogen) atoms. The summed E-state index contributed by atoms with van der Waals surface area (Å²) in [5.41, 5.74) is 2.44. The van der Waals surface area contributed by atoms with Crippen LogP contribution in [0.15, 0.2) is 24.3 Å². The standard InChI is InChI=1S/C30H50O/c1-7-9-22-18-24(31)19-23-12-13-25-27-15-14-26(21(4)11-8-10-20(2)3)29(27,5)17-16-28(25)30(22,23)6/h7,12,20-22,24-28,31H,1,8-11,13-19H2,2-6H3/t21-,22?,24+,25+,26-,27+,28+,29-,30+/m1/s1. The minimum absolute atomic E-state index is 0.141. The zero-order valence-electron chi connectivity index (χ0n) is 21.2. The Morgan fingerprint density at radius 2 is 1.90 bits per heavy atom. The van der Waals surface area contributed by atoms with Crippen LogP contribution in [-0.4, -0.2) is 11.2 Å². The van der Waals surface area contributed by atoms with Gasteiger partial charge in [-0.3, -0.25) is 0 Å². The maximum absolute atomic E-state index is 10.6. The van der Waals surface area contributed by atoms with Crippen molar-refractivity contribution >= 4 is 0 Å². The fourth-order valence-electron chi connectivity index (χ4n) is 9.44. The molecule has 0 amide bonds. The van der Waals surface area contributed by atoms with Gasteiger partial charge in [0.25, 0.3) is 0 Å². The molecule has 1 N–H and O–H groups in total. The van der Waals surface area contributed by atoms with E-state index in [1.807, 2.05) is 0 Å². The second kappa shape index (κ2) is 9.00. The Balaban J connectivity index is 1.54. The van der Waals surface area contributed by atoms with E-state index in [9.17, 15) is 5.11 Å². The predicted molar refractivity (Wildman–Crippen MR) is 133 cm³/mol. The van der Waals surface area contributed by atoms with Crippen molar-refractivity contribution in [2.24, 2.45) is 52.3 Å². The molecule has 4 rings (SSSR count). The molecular formula is C30H50O. The Morgan fingerprint density at radius 1 is 1.13 bits per heavy atom. The summed E-state index contributed by atoms with van der Waals surface area (Å²) in [5.74, 6) is 5.82. The lowest BCUT2D eigenvalue weighted by atomic mass is 9.44. The van der Waals surface area contributed by atoms with Crippen molar-refractivity contribution in [2.75, 3.05) is 0 Å². The molecule has 0 saturated heterocycles. The van der Waals surface area contributed by atoms with Crippen LogP contribution in [0.2, 0.25) is 0 Å². The summed E-state index contributed by atoms with van der Waals surface area (Å²) < 4.78 is 0. The number of hydrogen-bond acceptors (Lipinski definition) is 1. The summed E-state index contributed by atoms with van der Waals surface area (Å²) >= 11 is 0. The summed E-state index contributed by atoms with van der Waals surface area (Å²) in [5, 5.41) is 10.6. The number of hydrogen-bond donors (Lipinski definition) is 1. The van der Waals surface area contributed by atoms with Crippen molar-refractivity contribution in [2.45, 2.75) is 111 Å². The van der Waals surface area contributed by atoms with E-state index in [0.29, 0.717) is 16.7 Å². The van der Waals surface area contributed by atoms with Crippen LogP contribution >= 0.6 is 0 Å². The van der Waals surface area contributed by atoms with Crippen molar-refractivity contribution in [3.8, 4) is 0 Å². The van der Waals surface area contributed by atoms with E-state index in [1.54, 1.807) is 5.57 Å². The fraction of sp³-hybridized carbons (Fsp3) is 0.867. The first-order valence-electron chi connectivity index (χ1n) is 13.7. The summed E-state index contributed by atoms with van der Waals surface area (Å²) in [6.07, 6.45) is 18.8. The largest absolute Gasteiger partial charge is 0.393 e. The Morgan fingerprint density at radius 3 is 2.61 bits per heavy atom. The highest BCUT2D eigenvalue weighted by Gasteiger charge is 2.60. The molecule has 4 aliphatic carbocycles. The van der Waals surface area contributed by atoms with Crippen molar-refractivity contribution in [1.29, 1.82) is 0 Å². The number of aliphatic hydroxyl groups is 1. The van der Waals surface area contributed by atoms with E-state index in [4.69, 9.17) is 0 Å². The van der Waals surface area contributed by atoms with Crippen LogP contribution in [0.3, 0.4) is 0 Å². The molecule has 0 aromatic carbocycles. The highest BCUT2D eigenvalue weighted by atomic mass is 16.3. The lowest BCUT2D eigenvalue weighted by Crippen LogP contribution is -2.53. The molecule has 1 unspecified atom stereocenters. The second-order valence-electron chi connectivity index (χ2n) is 13.0. The molecule has 0 radical (unpaired) electrons. The van der Waals surface area contributed by atoms with Crippen LogP contribution in [0.25, 0.3) is 0 Å². The van der Waals surface area contributed by atoms with Gasteiger partial charge in [0, 0.05) is 0 Å². The number of rotatable bonds is 7. The summed E-state index contributed by atoms with van der Waals surface area (Å²) in [6.45, 7) is 16.7. The van der Waals surface area contributed by atoms with Crippen LogP contribution in [0.5, 0.6) is 0 Å². The SMILES string of the molecule is C=CCC1C[C@H](O)CC2=CC[C@H]3[C@@H]4CC[C@H]([C@H](C)CCCC(C)C)[C@@]4(C)CC[C@@H]3[C@]21C. The smallest absolute Gasteiger partial charge is 0.0580 e. The zero-order valence-corrected chi connectivity index (χ0v) is 21.2. The molecule has 0 aromatic rings. The topological polar surface area (TPSA) is 20.2 Å². The Bertz CT molecular complexity index is 676. The summed E-state index contributed by atoms with van der Waals surface area (Å²) in [7, 11) is 0. The highest BCUT2D eigenvalue weighted by molar-refractivity contribution is 5.27. The van der Waals surface area contributed by atoms with Gasteiger partial charge in [-0.15, -0.1) is 6.58 Å². The third-order valence-corrected chi connectivity index (χ3v) is 11.0. The van der Waals surface area contributed by atoms with Gasteiger partial charge in [-0.2, -0.15) is 0 Å². The molecule has 0 aliphatic heterocycles. The monoisotopic (exact) mass is 426 g/mol. The van der Waals surface area contributed by atoms with Gasteiger partial charge in [-0.05, 0) is 104 Å². The number of aliphatic hydroxyl groups excluding tert-OH is 1. The Labute approximate surface area is 193 Å². The van der Waals surface area contributed by atoms with Gasteiger partial charge in [-0.25, -0.2) is 0 Å². The first-order chi connectivity index (χ1) is 14.7. The molecule has 0 aromatic heterocycles. The molecule has 0 spiro atoms. The van der Waals surface area contributed by atoms with Gasteiger partial charge in [0.2, 0.25) is 0 Å². The van der Waals surface area contributed by atoms with Crippen LogP contribution < -0.4 is 0 Å². The van der Waals surface area contributed by atoms with Gasteiger partial charge in [0.15, 0.2) is 0 Å². The molecule has 4 aliphatic rings. The van der Waals surface area contributed by atoms with E-state index in [-0.39, 0.29) is 6.10 Å². The summed E-state index contributed by atoms with van der Waals surface area (Å²) in [4.78, 5) is 0. The van der Waals surface area contributed by atoms with Gasteiger partial charge >= 0.3 is 0 Å². The third kappa shape index (κ3) is 4.00. The molecule has 1 heteroatoms. The molecular weight excluding hydrogens is 376 g/mol. The maximum atomic E-state index is 10.6.